The van der Waals surface area contributed by atoms with Gasteiger partial charge < -0.3 is 11.1 Å². The van der Waals surface area contributed by atoms with Gasteiger partial charge in [0, 0.05) is 11.6 Å². The van der Waals surface area contributed by atoms with E-state index in [1.54, 1.807) is 10.9 Å². The fourth-order valence-corrected chi connectivity index (χ4v) is 3.54. The Hall–Kier alpha value is -2.67. The number of benzene rings is 2. The average Bonchev–Trinajstić information content (AvgIpc) is 3.05. The van der Waals surface area contributed by atoms with Crippen molar-refractivity contribution in [1.82, 2.24) is 15.1 Å². The summed E-state index contributed by atoms with van der Waals surface area (Å²) in [5.74, 6) is -1.22. The van der Waals surface area contributed by atoms with Crippen LogP contribution in [0.25, 0.3) is 16.6 Å². The smallest absolute Gasteiger partial charge is 0.251 e. The molecule has 1 aliphatic heterocycles. The molecule has 1 fully saturated rings. The Labute approximate surface area is 151 Å². The van der Waals surface area contributed by atoms with Gasteiger partial charge in [0.25, 0.3) is 5.91 Å². The maximum atomic E-state index is 13.7. The molecular weight excluding hydrogens is 330 g/mol. The second kappa shape index (κ2) is 6.25. The van der Waals surface area contributed by atoms with E-state index in [0.717, 1.165) is 43.2 Å². The predicted octanol–water partition coefficient (Wildman–Crippen LogP) is 2.01. The summed E-state index contributed by atoms with van der Waals surface area (Å²) in [4.78, 5) is 11.6. The highest BCUT2D eigenvalue weighted by atomic mass is 19.1. The van der Waals surface area contributed by atoms with Gasteiger partial charge in [0.15, 0.2) is 0 Å². The molecular formula is C19H18BFN4O. The first kappa shape index (κ1) is 16.8. The van der Waals surface area contributed by atoms with Gasteiger partial charge in [-0.1, -0.05) is 12.1 Å². The number of rotatable bonds is 3. The maximum Gasteiger partial charge on any atom is 0.251 e. The fraction of sp³-hybridized carbons (Fsp3) is 0.263. The van der Waals surface area contributed by atoms with E-state index in [1.807, 2.05) is 24.3 Å². The summed E-state index contributed by atoms with van der Waals surface area (Å²) >= 11 is 0. The number of carbonyl (C=O) groups is 1. The summed E-state index contributed by atoms with van der Waals surface area (Å²) in [7, 11) is 6.52. The molecule has 2 radical (unpaired) electrons. The highest BCUT2D eigenvalue weighted by Gasteiger charge is 2.27. The zero-order valence-electron chi connectivity index (χ0n) is 14.2. The molecule has 4 rings (SSSR count). The fourth-order valence-electron chi connectivity index (χ4n) is 3.54. The molecule has 1 saturated heterocycles. The first-order chi connectivity index (χ1) is 12.5. The number of nitrogens with zero attached hydrogens (tertiary/aromatic N) is 2. The number of nitrogens with one attached hydrogen (secondary N) is 1. The Morgan fingerprint density at radius 1 is 1.31 bits per heavy atom. The third-order valence-electron chi connectivity index (χ3n) is 4.96. The van der Waals surface area contributed by atoms with Gasteiger partial charge in [0.05, 0.1) is 19.1 Å². The lowest BCUT2D eigenvalue weighted by molar-refractivity contribution is 0.100. The lowest BCUT2D eigenvalue weighted by Gasteiger charge is -2.35. The van der Waals surface area contributed by atoms with Crippen molar-refractivity contribution in [3.8, 4) is 5.69 Å². The molecule has 5 nitrogen and oxygen atoms in total. The van der Waals surface area contributed by atoms with Gasteiger partial charge in [0.2, 0.25) is 0 Å². The van der Waals surface area contributed by atoms with Crippen LogP contribution in [0.4, 0.5) is 4.39 Å². The van der Waals surface area contributed by atoms with E-state index in [9.17, 15) is 9.18 Å². The minimum atomic E-state index is -0.704. The highest BCUT2D eigenvalue weighted by Crippen LogP contribution is 2.29. The first-order valence-corrected chi connectivity index (χ1v) is 8.55. The SMILES string of the molecule is [B]C1(c2ccc(-n3cc4cc(F)cc(C(N)=O)c4n3)cc2)CCCNC1. The van der Waals surface area contributed by atoms with Crippen molar-refractivity contribution >= 4 is 24.7 Å². The molecule has 130 valence electrons. The second-order valence-electron chi connectivity index (χ2n) is 6.81. The number of aromatic nitrogens is 2. The largest absolute Gasteiger partial charge is 0.366 e. The minimum absolute atomic E-state index is 0.0737. The summed E-state index contributed by atoms with van der Waals surface area (Å²) < 4.78 is 15.3. The molecule has 2 aromatic carbocycles. The van der Waals surface area contributed by atoms with Gasteiger partial charge in [-0.3, -0.25) is 4.79 Å². The van der Waals surface area contributed by atoms with Crippen LogP contribution < -0.4 is 11.1 Å². The molecule has 1 unspecified atom stereocenters. The number of halogens is 1. The van der Waals surface area contributed by atoms with Crippen molar-refractivity contribution in [2.45, 2.75) is 18.2 Å². The van der Waals surface area contributed by atoms with Crippen molar-refractivity contribution in [1.29, 1.82) is 0 Å². The van der Waals surface area contributed by atoms with Crippen LogP contribution in [0.3, 0.4) is 0 Å². The van der Waals surface area contributed by atoms with Crippen LogP contribution in [-0.2, 0) is 5.31 Å². The quantitative estimate of drug-likeness (QED) is 0.712. The first-order valence-electron chi connectivity index (χ1n) is 8.55. The third kappa shape index (κ3) is 2.88. The van der Waals surface area contributed by atoms with Crippen LogP contribution >= 0.6 is 0 Å². The van der Waals surface area contributed by atoms with Gasteiger partial charge in [0.1, 0.15) is 11.3 Å². The van der Waals surface area contributed by atoms with Crippen molar-refractivity contribution in [2.24, 2.45) is 5.73 Å². The number of hydrogen-bond acceptors (Lipinski definition) is 3. The molecule has 3 N–H and O–H groups in total. The summed E-state index contributed by atoms with van der Waals surface area (Å²) in [6, 6.07) is 10.3. The van der Waals surface area contributed by atoms with Crippen molar-refractivity contribution in [3.05, 3.63) is 59.5 Å². The van der Waals surface area contributed by atoms with Gasteiger partial charge in [-0.05, 0) is 61.1 Å². The molecule has 1 atom stereocenters. The number of primary amides is 1. The minimum Gasteiger partial charge on any atom is -0.366 e. The van der Waals surface area contributed by atoms with Crippen molar-refractivity contribution < 1.29 is 9.18 Å². The van der Waals surface area contributed by atoms with Gasteiger partial charge in [-0.2, -0.15) is 5.10 Å². The molecule has 1 amide bonds. The number of hydrogen-bond donors (Lipinski definition) is 2. The molecule has 1 aromatic heterocycles. The summed E-state index contributed by atoms with van der Waals surface area (Å²) in [6.45, 7) is 1.74. The molecule has 0 aliphatic carbocycles. The second-order valence-corrected chi connectivity index (χ2v) is 6.81. The number of piperidine rings is 1. The summed E-state index contributed by atoms with van der Waals surface area (Å²) in [5, 5.41) is 7.90. The third-order valence-corrected chi connectivity index (χ3v) is 4.96. The van der Waals surface area contributed by atoms with E-state index >= 15 is 0 Å². The molecule has 0 spiro atoms. The van der Waals surface area contributed by atoms with Gasteiger partial charge in [-0.15, -0.1) is 0 Å². The predicted molar refractivity (Wildman–Crippen MR) is 99.1 cm³/mol. The molecule has 3 aromatic rings. The number of fused-ring (bicyclic) bond motifs is 1. The standard InChI is InChI=1S/C19H18BFN4O/c20-19(6-1-7-23-11-19)13-2-4-15(5-3-13)25-10-12-8-14(21)9-16(18(22)26)17(12)24-25/h2-5,8-10,23H,1,6-7,11H2,(H2,22,26). The van der Waals surface area contributed by atoms with E-state index in [4.69, 9.17) is 13.6 Å². The van der Waals surface area contributed by atoms with Crippen LogP contribution in [0.15, 0.2) is 42.6 Å². The molecule has 26 heavy (non-hydrogen) atoms. The number of amides is 1. The normalized spacial score (nSPS) is 20.3. The Morgan fingerprint density at radius 2 is 2.08 bits per heavy atom. The Kier molecular flexibility index (Phi) is 4.03. The maximum absolute atomic E-state index is 13.7. The van der Waals surface area contributed by atoms with Crippen LogP contribution in [0, 0.1) is 5.82 Å². The van der Waals surface area contributed by atoms with Gasteiger partial charge >= 0.3 is 0 Å². The van der Waals surface area contributed by atoms with E-state index in [-0.39, 0.29) is 10.9 Å². The lowest BCUT2D eigenvalue weighted by Crippen LogP contribution is -2.43. The number of carbonyl (C=O) groups excluding carboxylic acids is 1. The van der Waals surface area contributed by atoms with Crippen LogP contribution in [0.5, 0.6) is 0 Å². The summed E-state index contributed by atoms with van der Waals surface area (Å²) in [6.07, 6.45) is 3.66. The zero-order chi connectivity index (χ0) is 18.3. The van der Waals surface area contributed by atoms with Crippen LogP contribution in [0.1, 0.15) is 28.8 Å². The molecule has 1 aliphatic rings. The Morgan fingerprint density at radius 3 is 2.73 bits per heavy atom. The molecule has 0 bridgehead atoms. The average molecular weight is 348 g/mol. The number of nitrogens with two attached hydrogens (primary N) is 1. The molecule has 0 saturated carbocycles. The molecule has 7 heteroatoms. The topological polar surface area (TPSA) is 72.9 Å². The molecule has 2 heterocycles. The van der Waals surface area contributed by atoms with Crippen LogP contribution in [-0.4, -0.2) is 36.6 Å². The van der Waals surface area contributed by atoms with Gasteiger partial charge in [-0.25, -0.2) is 9.07 Å². The van der Waals surface area contributed by atoms with E-state index in [1.165, 1.54) is 6.07 Å². The van der Waals surface area contributed by atoms with E-state index in [2.05, 4.69) is 10.4 Å². The Bertz CT molecular complexity index is 977. The lowest BCUT2D eigenvalue weighted by atomic mass is 9.60. The zero-order valence-corrected chi connectivity index (χ0v) is 14.2. The van der Waals surface area contributed by atoms with Crippen molar-refractivity contribution in [3.63, 3.8) is 0 Å². The van der Waals surface area contributed by atoms with E-state index in [0.29, 0.717) is 10.9 Å². The summed E-state index contributed by atoms with van der Waals surface area (Å²) in [5.41, 5.74) is 7.66. The van der Waals surface area contributed by atoms with Crippen molar-refractivity contribution in [2.75, 3.05) is 13.1 Å². The monoisotopic (exact) mass is 348 g/mol. The van der Waals surface area contributed by atoms with E-state index < -0.39 is 11.7 Å². The Balaban J connectivity index is 1.72. The highest BCUT2D eigenvalue weighted by molar-refractivity contribution is 6.16. The van der Waals surface area contributed by atoms with Crippen LogP contribution in [0.2, 0.25) is 0 Å².